The second-order valence-corrected chi connectivity index (χ2v) is 5.37. The number of nitrogens with zero attached hydrogens (tertiary/aromatic N) is 1. The lowest BCUT2D eigenvalue weighted by atomic mass is 10.0. The summed E-state index contributed by atoms with van der Waals surface area (Å²) in [6.45, 7) is 0.612. The number of nitrogens with two attached hydrogens (primary N) is 1. The lowest BCUT2D eigenvalue weighted by Crippen LogP contribution is -2.35. The van der Waals surface area contributed by atoms with Crippen LogP contribution in [0.1, 0.15) is 17.5 Å². The predicted molar refractivity (Wildman–Crippen MR) is 76.4 cm³/mol. The first-order valence-electron chi connectivity index (χ1n) is 6.18. The highest BCUT2D eigenvalue weighted by Crippen LogP contribution is 2.27. The quantitative estimate of drug-likeness (QED) is 0.837. The number of fused-ring (bicyclic) bond motifs is 1. The minimum absolute atomic E-state index is 0.0822. The lowest BCUT2D eigenvalue weighted by Gasteiger charge is -2.20. The molecule has 0 bridgehead atoms. The van der Waals surface area contributed by atoms with Gasteiger partial charge in [-0.15, -0.1) is 0 Å². The van der Waals surface area contributed by atoms with Gasteiger partial charge in [-0.3, -0.25) is 4.79 Å². The number of amides is 1. The van der Waals surface area contributed by atoms with E-state index in [0.717, 1.165) is 12.8 Å². The van der Waals surface area contributed by atoms with Crippen molar-refractivity contribution in [1.29, 1.82) is 0 Å². The molecule has 2 rings (SSSR count). The third kappa shape index (κ3) is 2.88. The summed E-state index contributed by atoms with van der Waals surface area (Å²) in [5.41, 5.74) is 8.07. The van der Waals surface area contributed by atoms with Crippen molar-refractivity contribution in [2.24, 2.45) is 11.7 Å². The molecule has 0 aromatic heterocycles. The Morgan fingerprint density at radius 1 is 1.39 bits per heavy atom. The highest BCUT2D eigenvalue weighted by Gasteiger charge is 2.28. The van der Waals surface area contributed by atoms with Crippen LogP contribution in [0.15, 0.2) is 24.3 Å². The molecule has 1 amide bonds. The molecule has 0 fully saturated rings. The van der Waals surface area contributed by atoms with Gasteiger partial charge in [0.25, 0.3) is 0 Å². The van der Waals surface area contributed by atoms with Crippen LogP contribution in [0.2, 0.25) is 0 Å². The van der Waals surface area contributed by atoms with Crippen LogP contribution in [0.5, 0.6) is 0 Å². The molecule has 0 radical (unpaired) electrons. The standard InChI is InChI=1S/C14H18N2OS/c1-16(7-6-13(15)18)14(17)12-8-10-4-2-3-5-11(10)9-12/h2-5,12H,6-9H2,1H3,(H2,15,18). The van der Waals surface area contributed by atoms with E-state index in [0.29, 0.717) is 18.0 Å². The van der Waals surface area contributed by atoms with E-state index in [1.807, 2.05) is 19.2 Å². The molecule has 18 heavy (non-hydrogen) atoms. The van der Waals surface area contributed by atoms with Crippen LogP contribution < -0.4 is 5.73 Å². The summed E-state index contributed by atoms with van der Waals surface area (Å²) in [7, 11) is 1.82. The Balaban J connectivity index is 1.94. The SMILES string of the molecule is CN(CCC(N)=S)C(=O)C1Cc2ccccc2C1. The Morgan fingerprint density at radius 3 is 2.44 bits per heavy atom. The van der Waals surface area contributed by atoms with Gasteiger partial charge in [-0.2, -0.15) is 0 Å². The van der Waals surface area contributed by atoms with Crippen molar-refractivity contribution in [3.63, 3.8) is 0 Å². The lowest BCUT2D eigenvalue weighted by molar-refractivity contribution is -0.133. The van der Waals surface area contributed by atoms with Gasteiger partial charge in [0.15, 0.2) is 0 Å². The van der Waals surface area contributed by atoms with E-state index < -0.39 is 0 Å². The van der Waals surface area contributed by atoms with Crippen LogP contribution in [0.25, 0.3) is 0 Å². The van der Waals surface area contributed by atoms with Crippen molar-refractivity contribution in [1.82, 2.24) is 4.90 Å². The zero-order valence-electron chi connectivity index (χ0n) is 10.6. The summed E-state index contributed by atoms with van der Waals surface area (Å²) in [6.07, 6.45) is 2.30. The van der Waals surface area contributed by atoms with Gasteiger partial charge >= 0.3 is 0 Å². The van der Waals surface area contributed by atoms with E-state index in [9.17, 15) is 4.79 Å². The highest BCUT2D eigenvalue weighted by atomic mass is 32.1. The second kappa shape index (κ2) is 5.48. The molecule has 1 aromatic carbocycles. The molecule has 0 saturated carbocycles. The maximum absolute atomic E-state index is 12.3. The van der Waals surface area contributed by atoms with Gasteiger partial charge in [-0.25, -0.2) is 0 Å². The van der Waals surface area contributed by atoms with Crippen LogP contribution in [-0.2, 0) is 17.6 Å². The number of hydrogen-bond donors (Lipinski definition) is 1. The summed E-state index contributed by atoms with van der Waals surface area (Å²) in [6, 6.07) is 8.28. The Morgan fingerprint density at radius 2 is 1.94 bits per heavy atom. The molecule has 0 atom stereocenters. The van der Waals surface area contributed by atoms with E-state index in [-0.39, 0.29) is 11.8 Å². The van der Waals surface area contributed by atoms with Crippen molar-refractivity contribution in [3.8, 4) is 0 Å². The number of benzene rings is 1. The molecule has 1 aliphatic carbocycles. The number of carbonyl (C=O) groups excluding carboxylic acids is 1. The fourth-order valence-corrected chi connectivity index (χ4v) is 2.52. The largest absolute Gasteiger partial charge is 0.393 e. The average Bonchev–Trinajstić information content (AvgIpc) is 2.78. The van der Waals surface area contributed by atoms with Crippen LogP contribution in [0.4, 0.5) is 0 Å². The normalized spacial score (nSPS) is 14.3. The smallest absolute Gasteiger partial charge is 0.226 e. The number of thiocarbonyl (C=S) groups is 1. The average molecular weight is 262 g/mol. The summed E-state index contributed by atoms with van der Waals surface area (Å²) in [5.74, 6) is 0.279. The second-order valence-electron chi connectivity index (χ2n) is 4.85. The van der Waals surface area contributed by atoms with E-state index in [4.69, 9.17) is 18.0 Å². The third-order valence-electron chi connectivity index (χ3n) is 3.47. The Kier molecular flexibility index (Phi) is 3.97. The Bertz CT molecular complexity index is 448. The molecule has 0 heterocycles. The third-order valence-corrected chi connectivity index (χ3v) is 3.67. The van der Waals surface area contributed by atoms with Gasteiger partial charge in [0.05, 0.1) is 4.99 Å². The fraction of sp³-hybridized carbons (Fsp3) is 0.429. The van der Waals surface area contributed by atoms with E-state index in [1.54, 1.807) is 4.90 Å². The van der Waals surface area contributed by atoms with E-state index in [1.165, 1.54) is 11.1 Å². The van der Waals surface area contributed by atoms with Crippen molar-refractivity contribution >= 4 is 23.1 Å². The van der Waals surface area contributed by atoms with Gasteiger partial charge in [-0.1, -0.05) is 36.5 Å². The Hall–Kier alpha value is -1.42. The summed E-state index contributed by atoms with van der Waals surface area (Å²) in [5, 5.41) is 0. The molecule has 2 N–H and O–H groups in total. The molecule has 0 aliphatic heterocycles. The van der Waals surface area contributed by atoms with Gasteiger partial charge in [-0.05, 0) is 24.0 Å². The van der Waals surface area contributed by atoms with Gasteiger partial charge < -0.3 is 10.6 Å². The molecule has 1 aromatic rings. The van der Waals surface area contributed by atoms with Crippen molar-refractivity contribution in [2.45, 2.75) is 19.3 Å². The fourth-order valence-electron chi connectivity index (χ4n) is 2.43. The molecular formula is C14H18N2OS. The molecule has 96 valence electrons. The van der Waals surface area contributed by atoms with Crippen LogP contribution in [0.3, 0.4) is 0 Å². The monoisotopic (exact) mass is 262 g/mol. The maximum Gasteiger partial charge on any atom is 0.226 e. The minimum atomic E-state index is 0.0822. The highest BCUT2D eigenvalue weighted by molar-refractivity contribution is 7.80. The van der Waals surface area contributed by atoms with Crippen molar-refractivity contribution in [2.75, 3.05) is 13.6 Å². The molecule has 0 saturated heterocycles. The van der Waals surface area contributed by atoms with Gasteiger partial charge in [0, 0.05) is 25.9 Å². The van der Waals surface area contributed by atoms with Crippen molar-refractivity contribution < 1.29 is 4.79 Å². The van der Waals surface area contributed by atoms with Gasteiger partial charge in [0.1, 0.15) is 0 Å². The zero-order chi connectivity index (χ0) is 13.1. The first-order valence-corrected chi connectivity index (χ1v) is 6.59. The number of rotatable bonds is 4. The molecule has 3 nitrogen and oxygen atoms in total. The molecule has 1 aliphatic rings. The van der Waals surface area contributed by atoms with Crippen LogP contribution >= 0.6 is 12.2 Å². The molecule has 4 heteroatoms. The molecular weight excluding hydrogens is 244 g/mol. The molecule has 0 spiro atoms. The first-order chi connectivity index (χ1) is 8.58. The number of carbonyl (C=O) groups is 1. The minimum Gasteiger partial charge on any atom is -0.393 e. The summed E-state index contributed by atoms with van der Waals surface area (Å²) in [4.78, 5) is 14.5. The molecule has 0 unspecified atom stereocenters. The van der Waals surface area contributed by atoms with E-state index in [2.05, 4.69) is 12.1 Å². The van der Waals surface area contributed by atoms with Gasteiger partial charge in [0.2, 0.25) is 5.91 Å². The van der Waals surface area contributed by atoms with E-state index >= 15 is 0 Å². The predicted octanol–water partition coefficient (Wildman–Crippen LogP) is 1.54. The first kappa shape index (κ1) is 13.0. The Labute approximate surface area is 113 Å². The topological polar surface area (TPSA) is 46.3 Å². The van der Waals surface area contributed by atoms with Crippen LogP contribution in [-0.4, -0.2) is 29.4 Å². The summed E-state index contributed by atoms with van der Waals surface area (Å²) < 4.78 is 0. The number of hydrogen-bond acceptors (Lipinski definition) is 2. The zero-order valence-corrected chi connectivity index (χ0v) is 11.4. The summed E-state index contributed by atoms with van der Waals surface area (Å²) >= 11 is 4.83. The van der Waals surface area contributed by atoms with Crippen LogP contribution in [0, 0.1) is 5.92 Å². The van der Waals surface area contributed by atoms with Crippen molar-refractivity contribution in [3.05, 3.63) is 35.4 Å². The maximum atomic E-state index is 12.3.